The molecule has 2 aliphatic rings. The summed E-state index contributed by atoms with van der Waals surface area (Å²) in [4.78, 5) is 11.0. The summed E-state index contributed by atoms with van der Waals surface area (Å²) in [5.74, 6) is -1.77. The van der Waals surface area contributed by atoms with Crippen molar-refractivity contribution in [2.45, 2.75) is 64.5 Å². The van der Waals surface area contributed by atoms with Gasteiger partial charge in [-0.2, -0.15) is 0 Å². The van der Waals surface area contributed by atoms with E-state index in [1.165, 1.54) is 0 Å². The molecule has 22 heavy (non-hydrogen) atoms. The van der Waals surface area contributed by atoms with Crippen LogP contribution in [-0.2, 0) is 23.7 Å². The van der Waals surface area contributed by atoms with Crippen molar-refractivity contribution >= 4 is 5.97 Å². The molecule has 0 aromatic heterocycles. The average molecular weight is 312 g/mol. The maximum absolute atomic E-state index is 11.0. The van der Waals surface area contributed by atoms with Crippen molar-refractivity contribution in [1.82, 2.24) is 0 Å². The number of hydrogen-bond donors (Lipinski definition) is 1. The second-order valence-electron chi connectivity index (χ2n) is 5.96. The van der Waals surface area contributed by atoms with E-state index in [1.54, 1.807) is 0 Å². The molecule has 6 nitrogen and oxygen atoms in total. The van der Waals surface area contributed by atoms with E-state index in [1.807, 2.05) is 27.7 Å². The number of ether oxygens (including phenoxy) is 4. The fraction of sp³-hybridized carbons (Fsp3) is 0.688. The van der Waals surface area contributed by atoms with Crippen LogP contribution in [0.3, 0.4) is 0 Å². The molecule has 0 aromatic carbocycles. The van der Waals surface area contributed by atoms with Crippen molar-refractivity contribution in [3.8, 4) is 0 Å². The standard InChI is InChI=1S/C16H24O6/c1-6-19-10(3)20-12-7-11(8-13(17)18)9(2)14-15(12)22-16(4,5)21-14/h8,10,12,14-15H,2,6-7H2,1,3-5H3,(H,17,18)/b11-8+. The van der Waals surface area contributed by atoms with Crippen LogP contribution in [0.2, 0.25) is 0 Å². The molecule has 2 rings (SSSR count). The van der Waals surface area contributed by atoms with Crippen molar-refractivity contribution in [2.75, 3.05) is 6.61 Å². The Bertz CT molecular complexity index is 481. The summed E-state index contributed by atoms with van der Waals surface area (Å²) in [7, 11) is 0. The molecule has 0 amide bonds. The molecule has 2 fully saturated rings. The number of carboxylic acids is 1. The molecule has 1 aliphatic carbocycles. The molecule has 1 heterocycles. The first-order valence-corrected chi connectivity index (χ1v) is 7.49. The van der Waals surface area contributed by atoms with Crippen molar-refractivity contribution in [3.05, 3.63) is 23.8 Å². The first kappa shape index (κ1) is 17.1. The summed E-state index contributed by atoms with van der Waals surface area (Å²) in [6.07, 6.45) is 0.0901. The van der Waals surface area contributed by atoms with Gasteiger partial charge in [0, 0.05) is 19.1 Å². The largest absolute Gasteiger partial charge is 0.478 e. The van der Waals surface area contributed by atoms with E-state index in [0.717, 1.165) is 6.08 Å². The number of carbonyl (C=O) groups is 1. The van der Waals surface area contributed by atoms with Crippen LogP contribution in [0, 0.1) is 0 Å². The van der Waals surface area contributed by atoms with E-state index in [0.29, 0.717) is 24.2 Å². The van der Waals surface area contributed by atoms with Crippen LogP contribution in [0.15, 0.2) is 23.8 Å². The summed E-state index contributed by atoms with van der Waals surface area (Å²) in [6.45, 7) is 11.9. The van der Waals surface area contributed by atoms with Crippen LogP contribution in [0.4, 0.5) is 0 Å². The van der Waals surface area contributed by atoms with E-state index < -0.39 is 24.2 Å². The zero-order chi connectivity index (χ0) is 16.5. The van der Waals surface area contributed by atoms with Crippen LogP contribution in [0.5, 0.6) is 0 Å². The second kappa shape index (κ2) is 6.50. The smallest absolute Gasteiger partial charge is 0.328 e. The van der Waals surface area contributed by atoms with E-state index in [9.17, 15) is 4.79 Å². The SMILES string of the molecule is C=C1/C(=C/C(=O)O)CC(OC(C)OCC)C2OC(C)(C)OC12. The molecule has 1 aliphatic heterocycles. The molecular formula is C16H24O6. The molecule has 124 valence electrons. The van der Waals surface area contributed by atoms with E-state index >= 15 is 0 Å². The number of carboxylic acid groups (broad SMARTS) is 1. The van der Waals surface area contributed by atoms with E-state index in [-0.39, 0.29) is 12.2 Å². The number of hydrogen-bond acceptors (Lipinski definition) is 5. The van der Waals surface area contributed by atoms with Gasteiger partial charge in [-0.1, -0.05) is 6.58 Å². The maximum Gasteiger partial charge on any atom is 0.328 e. The van der Waals surface area contributed by atoms with E-state index in [2.05, 4.69) is 6.58 Å². The van der Waals surface area contributed by atoms with Gasteiger partial charge in [0.05, 0.1) is 6.10 Å². The summed E-state index contributed by atoms with van der Waals surface area (Å²) < 4.78 is 23.1. The molecule has 0 radical (unpaired) electrons. The molecule has 1 N–H and O–H groups in total. The monoisotopic (exact) mass is 312 g/mol. The van der Waals surface area contributed by atoms with Gasteiger partial charge < -0.3 is 24.1 Å². The van der Waals surface area contributed by atoms with Crippen LogP contribution < -0.4 is 0 Å². The summed E-state index contributed by atoms with van der Waals surface area (Å²) in [6, 6.07) is 0. The quantitative estimate of drug-likeness (QED) is 0.620. The summed E-state index contributed by atoms with van der Waals surface area (Å²) in [5.41, 5.74) is 1.26. The van der Waals surface area contributed by atoms with Crippen molar-refractivity contribution < 1.29 is 28.8 Å². The van der Waals surface area contributed by atoms with Gasteiger partial charge in [0.2, 0.25) is 0 Å². The molecule has 4 unspecified atom stereocenters. The Hall–Kier alpha value is -1.21. The molecule has 1 saturated heterocycles. The maximum atomic E-state index is 11.0. The molecule has 0 spiro atoms. The summed E-state index contributed by atoms with van der Waals surface area (Å²) >= 11 is 0. The lowest BCUT2D eigenvalue weighted by Gasteiger charge is -2.35. The van der Waals surface area contributed by atoms with Gasteiger partial charge in [-0.15, -0.1) is 0 Å². The predicted octanol–water partition coefficient (Wildman–Crippen LogP) is 2.25. The minimum Gasteiger partial charge on any atom is -0.478 e. The molecule has 1 saturated carbocycles. The lowest BCUT2D eigenvalue weighted by atomic mass is 9.84. The van der Waals surface area contributed by atoms with Crippen molar-refractivity contribution in [3.63, 3.8) is 0 Å². The zero-order valence-electron chi connectivity index (χ0n) is 13.5. The first-order chi connectivity index (χ1) is 10.2. The van der Waals surface area contributed by atoms with Gasteiger partial charge in [-0.25, -0.2) is 4.79 Å². The molecule has 0 aromatic rings. The number of rotatable bonds is 5. The molecule has 6 heteroatoms. The predicted molar refractivity (Wildman–Crippen MR) is 79.3 cm³/mol. The Kier molecular flexibility index (Phi) is 5.07. The normalized spacial score (nSPS) is 33.7. The fourth-order valence-electron chi connectivity index (χ4n) is 2.92. The first-order valence-electron chi connectivity index (χ1n) is 7.49. The Morgan fingerprint density at radius 2 is 2.23 bits per heavy atom. The van der Waals surface area contributed by atoms with Gasteiger partial charge in [0.25, 0.3) is 0 Å². The Labute approximate surface area is 130 Å². The minimum atomic E-state index is -1.01. The molecule has 4 atom stereocenters. The highest BCUT2D eigenvalue weighted by Gasteiger charge is 2.50. The highest BCUT2D eigenvalue weighted by Crippen LogP contribution is 2.42. The lowest BCUT2D eigenvalue weighted by molar-refractivity contribution is -0.200. The van der Waals surface area contributed by atoms with Gasteiger partial charge in [-0.05, 0) is 38.8 Å². The number of fused-ring (bicyclic) bond motifs is 1. The highest BCUT2D eigenvalue weighted by molar-refractivity contribution is 5.82. The third-order valence-corrected chi connectivity index (χ3v) is 3.74. The second-order valence-corrected chi connectivity index (χ2v) is 5.96. The van der Waals surface area contributed by atoms with Crippen LogP contribution in [0.25, 0.3) is 0 Å². The summed E-state index contributed by atoms with van der Waals surface area (Å²) in [5, 5.41) is 9.02. The van der Waals surface area contributed by atoms with Crippen molar-refractivity contribution in [1.29, 1.82) is 0 Å². The molecule has 0 bridgehead atoms. The van der Waals surface area contributed by atoms with Gasteiger partial charge in [0.15, 0.2) is 12.1 Å². The third-order valence-electron chi connectivity index (χ3n) is 3.74. The van der Waals surface area contributed by atoms with Gasteiger partial charge in [-0.3, -0.25) is 0 Å². The Morgan fingerprint density at radius 3 is 2.82 bits per heavy atom. The van der Waals surface area contributed by atoms with Crippen LogP contribution in [-0.4, -0.2) is 48.1 Å². The Balaban J connectivity index is 2.23. The van der Waals surface area contributed by atoms with Crippen LogP contribution in [0.1, 0.15) is 34.1 Å². The fourth-order valence-corrected chi connectivity index (χ4v) is 2.92. The van der Waals surface area contributed by atoms with E-state index in [4.69, 9.17) is 24.1 Å². The lowest BCUT2D eigenvalue weighted by Crippen LogP contribution is -2.44. The van der Waals surface area contributed by atoms with Crippen LogP contribution >= 0.6 is 0 Å². The Morgan fingerprint density at radius 1 is 1.55 bits per heavy atom. The topological polar surface area (TPSA) is 74.2 Å². The van der Waals surface area contributed by atoms with Crippen molar-refractivity contribution in [2.24, 2.45) is 0 Å². The average Bonchev–Trinajstić information content (AvgIpc) is 2.71. The molecular weight excluding hydrogens is 288 g/mol. The van der Waals surface area contributed by atoms with Gasteiger partial charge >= 0.3 is 5.97 Å². The zero-order valence-corrected chi connectivity index (χ0v) is 13.5. The third kappa shape index (κ3) is 3.76. The highest BCUT2D eigenvalue weighted by atomic mass is 16.8. The van der Waals surface area contributed by atoms with Gasteiger partial charge in [0.1, 0.15) is 12.2 Å². The number of aliphatic carboxylic acids is 1. The minimum absolute atomic E-state index is 0.323.